The summed E-state index contributed by atoms with van der Waals surface area (Å²) in [6, 6.07) is 6.86. The van der Waals surface area contributed by atoms with E-state index in [2.05, 4.69) is 30.5 Å². The van der Waals surface area contributed by atoms with E-state index < -0.39 is 0 Å². The van der Waals surface area contributed by atoms with E-state index in [1.165, 1.54) is 11.3 Å². The van der Waals surface area contributed by atoms with Crippen molar-refractivity contribution >= 4 is 5.69 Å². The predicted octanol–water partition coefficient (Wildman–Crippen LogP) is 2.63. The minimum atomic E-state index is 0.560. The van der Waals surface area contributed by atoms with E-state index in [1.807, 2.05) is 12.1 Å². The summed E-state index contributed by atoms with van der Waals surface area (Å²) in [5.74, 6) is 0.928. The van der Waals surface area contributed by atoms with Gasteiger partial charge >= 0.3 is 0 Å². The van der Waals surface area contributed by atoms with Gasteiger partial charge < -0.3 is 9.64 Å². The van der Waals surface area contributed by atoms with Crippen molar-refractivity contribution in [3.8, 4) is 5.75 Å². The molecule has 0 fully saturated rings. The van der Waals surface area contributed by atoms with Gasteiger partial charge in [-0.2, -0.15) is 0 Å². The number of hydrogen-bond donors (Lipinski definition) is 0. The van der Waals surface area contributed by atoms with Crippen molar-refractivity contribution in [1.29, 1.82) is 0 Å². The normalized spacial score (nSPS) is 18.8. The number of rotatable bonds is 3. The molecular formula is C13H17NO. The van der Waals surface area contributed by atoms with Gasteiger partial charge in [0.2, 0.25) is 0 Å². The third kappa shape index (κ3) is 1.72. The minimum Gasteiger partial charge on any atom is -0.497 e. The van der Waals surface area contributed by atoms with Gasteiger partial charge in [0.25, 0.3) is 0 Å². The molecule has 1 atom stereocenters. The minimum absolute atomic E-state index is 0.560. The highest BCUT2D eigenvalue weighted by Crippen LogP contribution is 2.34. The van der Waals surface area contributed by atoms with Gasteiger partial charge in [-0.3, -0.25) is 0 Å². The fourth-order valence-electron chi connectivity index (χ4n) is 2.19. The van der Waals surface area contributed by atoms with Crippen molar-refractivity contribution in [2.24, 2.45) is 0 Å². The molecular weight excluding hydrogens is 186 g/mol. The maximum Gasteiger partial charge on any atom is 0.120 e. The highest BCUT2D eigenvalue weighted by atomic mass is 16.5. The number of anilines is 1. The first-order valence-corrected chi connectivity index (χ1v) is 5.30. The van der Waals surface area contributed by atoms with Gasteiger partial charge in [-0.1, -0.05) is 12.1 Å². The molecule has 1 aromatic rings. The average Bonchev–Trinajstić information content (AvgIpc) is 2.55. The molecule has 0 aromatic heterocycles. The second-order valence-corrected chi connectivity index (χ2v) is 3.99. The SMILES string of the molecule is C=CCN1c2cc(OC)ccc2CC1C. The molecule has 0 aliphatic carbocycles. The van der Waals surface area contributed by atoms with Crippen molar-refractivity contribution in [3.63, 3.8) is 0 Å². The van der Waals surface area contributed by atoms with Crippen LogP contribution in [0.1, 0.15) is 12.5 Å². The number of fused-ring (bicyclic) bond motifs is 1. The van der Waals surface area contributed by atoms with E-state index in [9.17, 15) is 0 Å². The summed E-state index contributed by atoms with van der Waals surface area (Å²) >= 11 is 0. The van der Waals surface area contributed by atoms with Gasteiger partial charge in [-0.15, -0.1) is 6.58 Å². The van der Waals surface area contributed by atoms with Gasteiger partial charge in [-0.25, -0.2) is 0 Å². The van der Waals surface area contributed by atoms with Crippen LogP contribution < -0.4 is 9.64 Å². The summed E-state index contributed by atoms with van der Waals surface area (Å²) in [5, 5.41) is 0. The van der Waals surface area contributed by atoms with Crippen molar-refractivity contribution in [3.05, 3.63) is 36.4 Å². The van der Waals surface area contributed by atoms with Gasteiger partial charge in [-0.05, 0) is 25.0 Å². The molecule has 2 heteroatoms. The maximum atomic E-state index is 5.25. The molecule has 0 radical (unpaired) electrons. The lowest BCUT2D eigenvalue weighted by Crippen LogP contribution is -2.29. The van der Waals surface area contributed by atoms with Crippen molar-refractivity contribution in [2.45, 2.75) is 19.4 Å². The predicted molar refractivity (Wildman–Crippen MR) is 63.7 cm³/mol. The number of nitrogens with zero attached hydrogens (tertiary/aromatic N) is 1. The first-order chi connectivity index (χ1) is 7.26. The van der Waals surface area contributed by atoms with Crippen LogP contribution in [0, 0.1) is 0 Å². The van der Waals surface area contributed by atoms with Gasteiger partial charge in [0.15, 0.2) is 0 Å². The summed E-state index contributed by atoms with van der Waals surface area (Å²) in [4.78, 5) is 2.37. The molecule has 2 nitrogen and oxygen atoms in total. The van der Waals surface area contributed by atoms with E-state index in [4.69, 9.17) is 4.74 Å². The molecule has 1 unspecified atom stereocenters. The second-order valence-electron chi connectivity index (χ2n) is 3.99. The monoisotopic (exact) mass is 203 g/mol. The molecule has 0 spiro atoms. The summed E-state index contributed by atoms with van der Waals surface area (Å²) in [5.41, 5.74) is 2.70. The highest BCUT2D eigenvalue weighted by molar-refractivity contribution is 5.62. The third-order valence-corrected chi connectivity index (χ3v) is 2.98. The lowest BCUT2D eigenvalue weighted by atomic mass is 10.1. The first-order valence-electron chi connectivity index (χ1n) is 5.30. The zero-order valence-corrected chi connectivity index (χ0v) is 9.36. The summed E-state index contributed by atoms with van der Waals surface area (Å²) in [6.07, 6.45) is 3.07. The van der Waals surface area contributed by atoms with E-state index >= 15 is 0 Å². The molecule has 0 amide bonds. The van der Waals surface area contributed by atoms with Crippen LogP contribution in [-0.4, -0.2) is 19.7 Å². The molecule has 80 valence electrons. The zero-order valence-electron chi connectivity index (χ0n) is 9.36. The zero-order chi connectivity index (χ0) is 10.8. The number of benzene rings is 1. The van der Waals surface area contributed by atoms with Gasteiger partial charge in [0.05, 0.1) is 7.11 Å². The lowest BCUT2D eigenvalue weighted by molar-refractivity contribution is 0.415. The smallest absolute Gasteiger partial charge is 0.120 e. The second kappa shape index (κ2) is 3.97. The Morgan fingerprint density at radius 1 is 1.60 bits per heavy atom. The fourth-order valence-corrected chi connectivity index (χ4v) is 2.19. The van der Waals surface area contributed by atoms with Crippen molar-refractivity contribution < 1.29 is 4.74 Å². The largest absolute Gasteiger partial charge is 0.497 e. The summed E-state index contributed by atoms with van der Waals surface area (Å²) in [7, 11) is 1.71. The highest BCUT2D eigenvalue weighted by Gasteiger charge is 2.24. The fraction of sp³-hybridized carbons (Fsp3) is 0.385. The maximum absolute atomic E-state index is 5.25. The van der Waals surface area contributed by atoms with Crippen LogP contribution in [-0.2, 0) is 6.42 Å². The summed E-state index contributed by atoms with van der Waals surface area (Å²) in [6.45, 7) is 6.95. The Labute approximate surface area is 91.2 Å². The molecule has 0 saturated carbocycles. The van der Waals surface area contributed by atoms with E-state index in [1.54, 1.807) is 7.11 Å². The average molecular weight is 203 g/mol. The number of hydrogen-bond acceptors (Lipinski definition) is 2. The summed E-state index contributed by atoms with van der Waals surface area (Å²) < 4.78 is 5.25. The number of methoxy groups -OCH3 is 1. The van der Waals surface area contributed by atoms with E-state index in [0.29, 0.717) is 6.04 Å². The van der Waals surface area contributed by atoms with E-state index in [0.717, 1.165) is 18.7 Å². The Morgan fingerprint density at radius 2 is 2.40 bits per heavy atom. The Balaban J connectivity index is 2.36. The molecule has 1 aromatic carbocycles. The van der Waals surface area contributed by atoms with Crippen LogP contribution in [0.15, 0.2) is 30.9 Å². The Bertz CT molecular complexity index is 373. The molecule has 0 N–H and O–H groups in total. The van der Waals surface area contributed by atoms with Gasteiger partial charge in [0.1, 0.15) is 5.75 Å². The third-order valence-electron chi connectivity index (χ3n) is 2.98. The molecule has 2 rings (SSSR count). The molecule has 1 heterocycles. The van der Waals surface area contributed by atoms with Crippen LogP contribution >= 0.6 is 0 Å². The lowest BCUT2D eigenvalue weighted by Gasteiger charge is -2.23. The van der Waals surface area contributed by atoms with Crippen molar-refractivity contribution in [2.75, 3.05) is 18.6 Å². The van der Waals surface area contributed by atoms with Crippen LogP contribution in [0.3, 0.4) is 0 Å². The van der Waals surface area contributed by atoms with Crippen LogP contribution in [0.2, 0.25) is 0 Å². The molecule has 1 aliphatic heterocycles. The Kier molecular flexibility index (Phi) is 2.67. The first kappa shape index (κ1) is 10.1. The molecule has 1 aliphatic rings. The van der Waals surface area contributed by atoms with Crippen LogP contribution in [0.5, 0.6) is 5.75 Å². The number of ether oxygens (including phenoxy) is 1. The molecule has 0 bridgehead atoms. The van der Waals surface area contributed by atoms with Gasteiger partial charge in [0, 0.05) is 24.3 Å². The Hall–Kier alpha value is -1.44. The van der Waals surface area contributed by atoms with E-state index in [-0.39, 0.29) is 0 Å². The molecule has 15 heavy (non-hydrogen) atoms. The van der Waals surface area contributed by atoms with Crippen LogP contribution in [0.25, 0.3) is 0 Å². The quantitative estimate of drug-likeness (QED) is 0.700. The topological polar surface area (TPSA) is 12.5 Å². The Morgan fingerprint density at radius 3 is 3.07 bits per heavy atom. The molecule has 0 saturated heterocycles. The van der Waals surface area contributed by atoms with Crippen LogP contribution in [0.4, 0.5) is 5.69 Å². The standard InChI is InChI=1S/C13H17NO/c1-4-7-14-10(2)8-11-5-6-12(15-3)9-13(11)14/h4-6,9-10H,1,7-8H2,2-3H3. The van der Waals surface area contributed by atoms with Crippen molar-refractivity contribution in [1.82, 2.24) is 0 Å².